The number of amides is 2. The lowest BCUT2D eigenvalue weighted by molar-refractivity contribution is -0.141. The fraction of sp³-hybridized carbons (Fsp3) is 0.833. The van der Waals surface area contributed by atoms with Crippen LogP contribution in [-0.4, -0.2) is 65.6 Å². The zero-order valence-electron chi connectivity index (χ0n) is 11.8. The lowest BCUT2D eigenvalue weighted by Crippen LogP contribution is -2.51. The molecule has 2 amide bonds. The van der Waals surface area contributed by atoms with Crippen molar-refractivity contribution in [3.63, 3.8) is 0 Å². The Morgan fingerprint density at radius 1 is 1.38 bits per heavy atom. The molecule has 0 aromatic heterocycles. The van der Waals surface area contributed by atoms with Gasteiger partial charge in [0.1, 0.15) is 6.04 Å². The number of hydrogen-bond donors (Lipinski definition) is 2. The molecular formula is C12H20N2O5S2. The molecule has 2 N–H and O–H groups in total. The summed E-state index contributed by atoms with van der Waals surface area (Å²) in [6.07, 6.45) is 2.02. The smallest absolute Gasteiger partial charge is 0.327 e. The largest absolute Gasteiger partial charge is 0.480 e. The van der Waals surface area contributed by atoms with Gasteiger partial charge in [0.2, 0.25) is 0 Å². The summed E-state index contributed by atoms with van der Waals surface area (Å²) in [5, 5.41) is 11.7. The standard InChI is InChI=1S/C12H20N2O5S2/c1-2-21(18,19)6-5-13-12(17)14-9(11(15)16)7-20-10(14)8-3-4-8/h8-10H,2-7H2,1H3,(H,13,17)(H,15,16). The Kier molecular flexibility index (Phi) is 5.03. The summed E-state index contributed by atoms with van der Waals surface area (Å²) < 4.78 is 22.8. The number of rotatable bonds is 6. The van der Waals surface area contributed by atoms with E-state index in [4.69, 9.17) is 0 Å². The molecule has 1 aliphatic carbocycles. The van der Waals surface area contributed by atoms with Crippen molar-refractivity contribution in [1.29, 1.82) is 0 Å². The van der Waals surface area contributed by atoms with Crippen LogP contribution in [0.2, 0.25) is 0 Å². The van der Waals surface area contributed by atoms with E-state index in [1.54, 1.807) is 6.92 Å². The summed E-state index contributed by atoms with van der Waals surface area (Å²) in [5.41, 5.74) is 0. The van der Waals surface area contributed by atoms with Crippen molar-refractivity contribution >= 4 is 33.6 Å². The van der Waals surface area contributed by atoms with E-state index < -0.39 is 27.9 Å². The van der Waals surface area contributed by atoms with Crippen molar-refractivity contribution in [1.82, 2.24) is 10.2 Å². The quantitative estimate of drug-likeness (QED) is 0.726. The maximum absolute atomic E-state index is 12.2. The molecule has 120 valence electrons. The first-order chi connectivity index (χ1) is 9.85. The highest BCUT2D eigenvalue weighted by atomic mass is 32.2. The van der Waals surface area contributed by atoms with Gasteiger partial charge < -0.3 is 10.4 Å². The monoisotopic (exact) mass is 336 g/mol. The van der Waals surface area contributed by atoms with Crippen LogP contribution in [0.4, 0.5) is 4.79 Å². The van der Waals surface area contributed by atoms with Crippen molar-refractivity contribution < 1.29 is 23.1 Å². The Balaban J connectivity index is 1.95. The minimum absolute atomic E-state index is 0.0138. The number of nitrogens with one attached hydrogen (secondary N) is 1. The van der Waals surface area contributed by atoms with Crippen molar-refractivity contribution in [2.45, 2.75) is 31.2 Å². The van der Waals surface area contributed by atoms with Crippen LogP contribution in [-0.2, 0) is 14.6 Å². The minimum Gasteiger partial charge on any atom is -0.480 e. The first-order valence-corrected chi connectivity index (χ1v) is 9.83. The van der Waals surface area contributed by atoms with Gasteiger partial charge in [0.05, 0.1) is 11.1 Å². The summed E-state index contributed by atoms with van der Waals surface area (Å²) in [6.45, 7) is 1.57. The summed E-state index contributed by atoms with van der Waals surface area (Å²) in [5.74, 6) is -0.351. The van der Waals surface area contributed by atoms with Gasteiger partial charge in [-0.25, -0.2) is 18.0 Å². The molecule has 1 saturated carbocycles. The van der Waals surface area contributed by atoms with Gasteiger partial charge in [-0.3, -0.25) is 4.90 Å². The fourth-order valence-electron chi connectivity index (χ4n) is 2.27. The maximum Gasteiger partial charge on any atom is 0.327 e. The van der Waals surface area contributed by atoms with Crippen LogP contribution in [0.5, 0.6) is 0 Å². The SMILES string of the molecule is CCS(=O)(=O)CCNC(=O)N1C(C(=O)O)CSC1C1CC1. The topological polar surface area (TPSA) is 104 Å². The number of carboxylic acids is 1. The van der Waals surface area contributed by atoms with Gasteiger partial charge in [0.15, 0.2) is 9.84 Å². The van der Waals surface area contributed by atoms with E-state index in [2.05, 4.69) is 5.32 Å². The van der Waals surface area contributed by atoms with Gasteiger partial charge >= 0.3 is 12.0 Å². The second-order valence-corrected chi connectivity index (χ2v) is 8.91. The van der Waals surface area contributed by atoms with Crippen LogP contribution >= 0.6 is 11.8 Å². The van der Waals surface area contributed by atoms with Gasteiger partial charge in [-0.15, -0.1) is 11.8 Å². The number of urea groups is 1. The van der Waals surface area contributed by atoms with Crippen molar-refractivity contribution in [3.05, 3.63) is 0 Å². The third-order valence-electron chi connectivity index (χ3n) is 3.71. The van der Waals surface area contributed by atoms with Gasteiger partial charge in [0.25, 0.3) is 0 Å². The lowest BCUT2D eigenvalue weighted by Gasteiger charge is -2.27. The van der Waals surface area contributed by atoms with Crippen molar-refractivity contribution in [2.24, 2.45) is 5.92 Å². The third kappa shape index (κ3) is 4.03. The number of aliphatic carboxylic acids is 1. The Bertz CT molecular complexity index is 518. The molecular weight excluding hydrogens is 316 g/mol. The molecule has 1 aliphatic heterocycles. The van der Waals surface area contributed by atoms with Gasteiger partial charge in [-0.2, -0.15) is 0 Å². The molecule has 2 atom stereocenters. The molecule has 9 heteroatoms. The summed E-state index contributed by atoms with van der Waals surface area (Å²) in [6, 6.07) is -1.31. The average molecular weight is 336 g/mol. The van der Waals surface area contributed by atoms with E-state index in [-0.39, 0.29) is 23.4 Å². The first-order valence-electron chi connectivity index (χ1n) is 6.96. The fourth-order valence-corrected chi connectivity index (χ4v) is 4.60. The van der Waals surface area contributed by atoms with Crippen LogP contribution < -0.4 is 5.32 Å². The number of carbonyl (C=O) groups excluding carboxylic acids is 1. The van der Waals surface area contributed by atoms with Crippen molar-refractivity contribution in [3.8, 4) is 0 Å². The van der Waals surface area contributed by atoms with E-state index in [9.17, 15) is 23.1 Å². The zero-order chi connectivity index (χ0) is 15.6. The van der Waals surface area contributed by atoms with Crippen LogP contribution in [0.3, 0.4) is 0 Å². The molecule has 0 radical (unpaired) electrons. The Morgan fingerprint density at radius 3 is 2.57 bits per heavy atom. The molecule has 2 unspecified atom stereocenters. The summed E-state index contributed by atoms with van der Waals surface area (Å²) in [4.78, 5) is 24.9. The molecule has 0 aromatic rings. The predicted molar refractivity (Wildman–Crippen MR) is 80.0 cm³/mol. The highest BCUT2D eigenvalue weighted by Crippen LogP contribution is 2.45. The third-order valence-corrected chi connectivity index (χ3v) is 6.88. The molecule has 1 heterocycles. The number of sulfone groups is 1. The van der Waals surface area contributed by atoms with E-state index in [0.717, 1.165) is 12.8 Å². The normalized spacial score (nSPS) is 25.9. The molecule has 2 rings (SSSR count). The minimum atomic E-state index is -3.14. The molecule has 2 fully saturated rings. The molecule has 1 saturated heterocycles. The van der Waals surface area contributed by atoms with E-state index in [0.29, 0.717) is 11.7 Å². The number of nitrogens with zero attached hydrogens (tertiary/aromatic N) is 1. The maximum atomic E-state index is 12.2. The van der Waals surface area contributed by atoms with Crippen LogP contribution in [0.15, 0.2) is 0 Å². The summed E-state index contributed by atoms with van der Waals surface area (Å²) in [7, 11) is -3.14. The van der Waals surface area contributed by atoms with Crippen LogP contribution in [0.25, 0.3) is 0 Å². The molecule has 0 bridgehead atoms. The zero-order valence-corrected chi connectivity index (χ0v) is 13.5. The number of hydrogen-bond acceptors (Lipinski definition) is 5. The van der Waals surface area contributed by atoms with E-state index >= 15 is 0 Å². The summed E-state index contributed by atoms with van der Waals surface area (Å²) >= 11 is 1.50. The molecule has 2 aliphatic rings. The lowest BCUT2D eigenvalue weighted by atomic mass is 10.2. The van der Waals surface area contributed by atoms with Gasteiger partial charge in [0, 0.05) is 18.1 Å². The van der Waals surface area contributed by atoms with Crippen molar-refractivity contribution in [2.75, 3.05) is 23.8 Å². The molecule has 7 nitrogen and oxygen atoms in total. The number of carbonyl (C=O) groups is 2. The van der Waals surface area contributed by atoms with E-state index in [1.165, 1.54) is 16.7 Å². The Labute approximate surface area is 128 Å². The highest BCUT2D eigenvalue weighted by Gasteiger charge is 2.48. The number of thioether (sulfide) groups is 1. The van der Waals surface area contributed by atoms with Crippen LogP contribution in [0, 0.1) is 5.92 Å². The van der Waals surface area contributed by atoms with E-state index in [1.807, 2.05) is 0 Å². The van der Waals surface area contributed by atoms with Crippen LogP contribution in [0.1, 0.15) is 19.8 Å². The second-order valence-electron chi connectivity index (χ2n) is 5.29. The number of carboxylic acid groups (broad SMARTS) is 1. The second kappa shape index (κ2) is 6.43. The predicted octanol–water partition coefficient (Wildman–Crippen LogP) is 0.369. The highest BCUT2D eigenvalue weighted by molar-refractivity contribution is 8.00. The molecule has 21 heavy (non-hydrogen) atoms. The Hall–Kier alpha value is -0.960. The molecule has 0 aromatic carbocycles. The average Bonchev–Trinajstić information content (AvgIpc) is 3.16. The van der Waals surface area contributed by atoms with Gasteiger partial charge in [-0.1, -0.05) is 6.92 Å². The van der Waals surface area contributed by atoms with Gasteiger partial charge in [-0.05, 0) is 18.8 Å². The molecule has 0 spiro atoms. The Morgan fingerprint density at radius 2 is 2.05 bits per heavy atom. The first kappa shape index (κ1) is 16.4.